The fourth-order valence-corrected chi connectivity index (χ4v) is 3.68. The Hall–Kier alpha value is -1.02. The second-order valence-electron chi connectivity index (χ2n) is 7.67. The molecule has 0 radical (unpaired) electrons. The van der Waals surface area contributed by atoms with Crippen molar-refractivity contribution in [3.05, 3.63) is 22.1 Å². The van der Waals surface area contributed by atoms with Crippen molar-refractivity contribution in [2.45, 2.75) is 53.2 Å². The molecule has 0 bridgehead atoms. The molecular formula is C19H34N2O4S. The molecule has 1 aliphatic heterocycles. The molecule has 1 heterocycles. The van der Waals surface area contributed by atoms with Crippen LogP contribution >= 0.6 is 11.9 Å². The minimum absolute atomic E-state index is 0.0107. The zero-order valence-electron chi connectivity index (χ0n) is 17.2. The van der Waals surface area contributed by atoms with Crippen molar-refractivity contribution in [3.8, 4) is 0 Å². The van der Waals surface area contributed by atoms with Gasteiger partial charge in [-0.15, -0.1) is 0 Å². The molecule has 7 heteroatoms. The summed E-state index contributed by atoms with van der Waals surface area (Å²) in [5.74, 6) is 0. The predicted molar refractivity (Wildman–Crippen MR) is 107 cm³/mol. The zero-order chi connectivity index (χ0) is 19.9. The van der Waals surface area contributed by atoms with Gasteiger partial charge in [0.2, 0.25) is 0 Å². The molecule has 1 rings (SSSR count). The van der Waals surface area contributed by atoms with Crippen LogP contribution in [-0.2, 0) is 9.47 Å². The highest BCUT2D eigenvalue weighted by atomic mass is 32.2. The number of allylic oxidation sites excluding steroid dienone is 2. The van der Waals surface area contributed by atoms with Gasteiger partial charge in [0.25, 0.3) is 0 Å². The summed E-state index contributed by atoms with van der Waals surface area (Å²) < 4.78 is 12.7. The molecule has 0 saturated carbocycles. The maximum absolute atomic E-state index is 12.3. The molecule has 1 fully saturated rings. The summed E-state index contributed by atoms with van der Waals surface area (Å²) in [5.41, 5.74) is 1.85. The topological polar surface area (TPSA) is 62.2 Å². The number of rotatable bonds is 6. The molecule has 1 saturated heterocycles. The lowest BCUT2D eigenvalue weighted by molar-refractivity contribution is 0.0101. The second-order valence-corrected chi connectivity index (χ2v) is 8.73. The number of ether oxygens (including phenoxy) is 2. The molecule has 0 aromatic heterocycles. The van der Waals surface area contributed by atoms with Crippen molar-refractivity contribution in [3.63, 3.8) is 0 Å². The van der Waals surface area contributed by atoms with Gasteiger partial charge in [0.15, 0.2) is 0 Å². The van der Waals surface area contributed by atoms with Crippen molar-refractivity contribution in [1.29, 1.82) is 0 Å². The lowest BCUT2D eigenvalue weighted by Gasteiger charge is -2.40. The van der Waals surface area contributed by atoms with Crippen molar-refractivity contribution in [2.24, 2.45) is 0 Å². The smallest absolute Gasteiger partial charge is 0.410 e. The highest BCUT2D eigenvalue weighted by Gasteiger charge is 2.32. The highest BCUT2D eigenvalue weighted by Crippen LogP contribution is 2.33. The summed E-state index contributed by atoms with van der Waals surface area (Å²) in [5, 5.41) is 9.84. The third-order valence-electron chi connectivity index (χ3n) is 3.87. The maximum atomic E-state index is 12.3. The van der Waals surface area contributed by atoms with E-state index in [1.807, 2.05) is 20.8 Å². The number of amides is 1. The number of aliphatic hydroxyl groups excluding tert-OH is 1. The number of aliphatic hydroxyl groups is 1. The van der Waals surface area contributed by atoms with Crippen LogP contribution in [-0.4, -0.2) is 72.0 Å². The summed E-state index contributed by atoms with van der Waals surface area (Å²) in [6.45, 7) is 14.1. The Morgan fingerprint density at radius 1 is 1.27 bits per heavy atom. The van der Waals surface area contributed by atoms with Crippen molar-refractivity contribution in [1.82, 2.24) is 9.21 Å². The summed E-state index contributed by atoms with van der Waals surface area (Å²) >= 11 is 1.64. The first kappa shape index (κ1) is 23.0. The quantitative estimate of drug-likeness (QED) is 0.557. The van der Waals surface area contributed by atoms with E-state index in [9.17, 15) is 9.90 Å². The van der Waals surface area contributed by atoms with E-state index in [0.717, 1.165) is 5.57 Å². The number of piperazine rings is 1. The van der Waals surface area contributed by atoms with E-state index in [2.05, 4.69) is 31.2 Å². The van der Waals surface area contributed by atoms with Gasteiger partial charge >= 0.3 is 6.09 Å². The van der Waals surface area contributed by atoms with Crippen LogP contribution in [0.25, 0.3) is 0 Å². The molecule has 1 atom stereocenters. The van der Waals surface area contributed by atoms with Gasteiger partial charge in [-0.3, -0.25) is 0 Å². The summed E-state index contributed by atoms with van der Waals surface area (Å²) in [6.07, 6.45) is 1.74. The second kappa shape index (κ2) is 10.3. The van der Waals surface area contributed by atoms with Crippen LogP contribution in [0.15, 0.2) is 22.1 Å². The first-order chi connectivity index (χ1) is 12.1. The molecule has 150 valence electrons. The van der Waals surface area contributed by atoms with E-state index in [-0.39, 0.29) is 18.7 Å². The monoisotopic (exact) mass is 386 g/mol. The van der Waals surface area contributed by atoms with E-state index in [0.29, 0.717) is 26.2 Å². The molecule has 0 aliphatic carbocycles. The lowest BCUT2D eigenvalue weighted by Crippen LogP contribution is -2.54. The SMILES string of the molecule is COC/C=C(/C)C(SN1CCN(C(=O)OC(C)(C)C)CC1CO)=C(C)C. The third kappa shape index (κ3) is 7.31. The van der Waals surface area contributed by atoms with Crippen LogP contribution in [0, 0.1) is 0 Å². The van der Waals surface area contributed by atoms with Gasteiger partial charge in [0, 0.05) is 31.6 Å². The van der Waals surface area contributed by atoms with Crippen LogP contribution in [0.3, 0.4) is 0 Å². The average molecular weight is 387 g/mol. The molecule has 1 unspecified atom stereocenters. The van der Waals surface area contributed by atoms with Gasteiger partial charge in [-0.2, -0.15) is 0 Å². The van der Waals surface area contributed by atoms with E-state index < -0.39 is 5.60 Å². The molecule has 1 amide bonds. The van der Waals surface area contributed by atoms with Gasteiger partial charge < -0.3 is 19.5 Å². The van der Waals surface area contributed by atoms with Crippen LogP contribution < -0.4 is 0 Å². The number of carbonyl (C=O) groups excluding carboxylic acids is 1. The minimum atomic E-state index is -0.518. The fraction of sp³-hybridized carbons (Fsp3) is 0.737. The molecular weight excluding hydrogens is 352 g/mol. The average Bonchev–Trinajstić information content (AvgIpc) is 2.55. The minimum Gasteiger partial charge on any atom is -0.444 e. The maximum Gasteiger partial charge on any atom is 0.410 e. The Morgan fingerprint density at radius 3 is 2.42 bits per heavy atom. The standard InChI is InChI=1S/C19H34N2O4S/c1-14(2)17(15(3)8-11-24-7)26-21-10-9-20(12-16(21)13-22)18(23)25-19(4,5)6/h8,16,22H,9-13H2,1-7H3/b15-8-. The Morgan fingerprint density at radius 2 is 1.92 bits per heavy atom. The number of carbonyl (C=O) groups is 1. The molecule has 1 N–H and O–H groups in total. The molecule has 0 aromatic carbocycles. The van der Waals surface area contributed by atoms with E-state index in [1.54, 1.807) is 24.0 Å². The third-order valence-corrected chi connectivity index (χ3v) is 5.50. The Kier molecular flexibility index (Phi) is 9.16. The van der Waals surface area contributed by atoms with Gasteiger partial charge in [-0.05, 0) is 59.1 Å². The van der Waals surface area contributed by atoms with Crippen LogP contribution in [0.4, 0.5) is 4.79 Å². The van der Waals surface area contributed by atoms with Gasteiger partial charge in [0.05, 0.1) is 19.3 Å². The first-order valence-corrected chi connectivity index (χ1v) is 9.73. The summed E-state index contributed by atoms with van der Waals surface area (Å²) in [4.78, 5) is 15.2. The number of hydrogen-bond acceptors (Lipinski definition) is 6. The van der Waals surface area contributed by atoms with E-state index >= 15 is 0 Å². The fourth-order valence-electron chi connectivity index (χ4n) is 2.58. The summed E-state index contributed by atoms with van der Waals surface area (Å²) in [7, 11) is 1.68. The molecule has 6 nitrogen and oxygen atoms in total. The molecule has 26 heavy (non-hydrogen) atoms. The predicted octanol–water partition coefficient (Wildman–Crippen LogP) is 3.43. The Balaban J connectivity index is 2.81. The molecule has 0 aromatic rings. The molecule has 1 aliphatic rings. The van der Waals surface area contributed by atoms with Crippen molar-refractivity contribution >= 4 is 18.0 Å². The number of hydrogen-bond donors (Lipinski definition) is 1. The summed E-state index contributed by atoms with van der Waals surface area (Å²) in [6, 6.07) is -0.133. The first-order valence-electron chi connectivity index (χ1n) is 8.96. The van der Waals surface area contributed by atoms with Crippen LogP contribution in [0.5, 0.6) is 0 Å². The molecule has 0 spiro atoms. The number of nitrogens with zero attached hydrogens (tertiary/aromatic N) is 2. The number of methoxy groups -OCH3 is 1. The highest BCUT2D eigenvalue weighted by molar-refractivity contribution is 8.01. The van der Waals surface area contributed by atoms with Gasteiger partial charge in [0.1, 0.15) is 5.60 Å². The van der Waals surface area contributed by atoms with Gasteiger partial charge in [-0.1, -0.05) is 11.6 Å². The zero-order valence-corrected chi connectivity index (χ0v) is 18.0. The van der Waals surface area contributed by atoms with Crippen molar-refractivity contribution < 1.29 is 19.4 Å². The Labute approximate surface area is 162 Å². The van der Waals surface area contributed by atoms with E-state index in [4.69, 9.17) is 9.47 Å². The van der Waals surface area contributed by atoms with Crippen molar-refractivity contribution in [2.75, 3.05) is 40.0 Å². The largest absolute Gasteiger partial charge is 0.444 e. The normalized spacial score (nSPS) is 19.5. The van der Waals surface area contributed by atoms with E-state index in [1.165, 1.54) is 10.5 Å². The van der Waals surface area contributed by atoms with Crippen LogP contribution in [0.1, 0.15) is 41.5 Å². The van der Waals surface area contributed by atoms with Gasteiger partial charge in [-0.25, -0.2) is 9.10 Å². The Bertz CT molecular complexity index is 536. The van der Waals surface area contributed by atoms with Crippen LogP contribution in [0.2, 0.25) is 0 Å². The lowest BCUT2D eigenvalue weighted by atomic mass is 10.2.